The average molecular weight is 282 g/mol. The molecule has 0 amide bonds. The number of nitrogens with one attached hydrogen (secondary N) is 1. The summed E-state index contributed by atoms with van der Waals surface area (Å²) in [7, 11) is 0. The maximum Gasteiger partial charge on any atom is 0.310 e. The van der Waals surface area contributed by atoms with Crippen LogP contribution in [0.5, 0.6) is 0 Å². The van der Waals surface area contributed by atoms with Crippen LogP contribution in [-0.4, -0.2) is 16.1 Å². The Morgan fingerprint density at radius 1 is 1.50 bits per heavy atom. The third kappa shape index (κ3) is 1.73. The number of benzene rings is 1. The molecule has 1 aromatic carbocycles. The molecule has 2 aromatic rings. The predicted octanol–water partition coefficient (Wildman–Crippen LogP) is 3.43. The van der Waals surface area contributed by atoms with E-state index in [2.05, 4.69) is 20.9 Å². The van der Waals surface area contributed by atoms with Crippen molar-refractivity contribution in [2.24, 2.45) is 0 Å². The van der Waals surface area contributed by atoms with Crippen LogP contribution in [0.25, 0.3) is 10.9 Å². The summed E-state index contributed by atoms with van der Waals surface area (Å²) in [5, 5.41) is 10.1. The van der Waals surface area contributed by atoms with Gasteiger partial charge in [0.25, 0.3) is 0 Å². The second kappa shape index (κ2) is 3.94. The van der Waals surface area contributed by atoms with E-state index in [0.29, 0.717) is 0 Å². The first-order chi connectivity index (χ1) is 7.50. The first-order valence-electron chi connectivity index (χ1n) is 5.01. The molecule has 0 saturated heterocycles. The Balaban J connectivity index is 2.72. The van der Waals surface area contributed by atoms with Crippen molar-refractivity contribution in [3.05, 3.63) is 33.9 Å². The van der Waals surface area contributed by atoms with Gasteiger partial charge < -0.3 is 10.1 Å². The van der Waals surface area contributed by atoms with Crippen molar-refractivity contribution in [2.75, 3.05) is 0 Å². The molecule has 0 fully saturated rings. The van der Waals surface area contributed by atoms with Crippen LogP contribution in [0.15, 0.2) is 22.7 Å². The number of hydrogen-bond acceptors (Lipinski definition) is 1. The molecule has 0 radical (unpaired) electrons. The third-order valence-electron chi connectivity index (χ3n) is 2.80. The van der Waals surface area contributed by atoms with Crippen LogP contribution in [-0.2, 0) is 4.79 Å². The zero-order valence-electron chi connectivity index (χ0n) is 9.04. The van der Waals surface area contributed by atoms with Crippen molar-refractivity contribution in [2.45, 2.75) is 19.8 Å². The van der Waals surface area contributed by atoms with E-state index in [-0.39, 0.29) is 0 Å². The van der Waals surface area contributed by atoms with Gasteiger partial charge in [-0.2, -0.15) is 0 Å². The maximum absolute atomic E-state index is 11.1. The number of fused-ring (bicyclic) bond motifs is 1. The summed E-state index contributed by atoms with van der Waals surface area (Å²) in [4.78, 5) is 14.3. The van der Waals surface area contributed by atoms with Crippen LogP contribution in [0.3, 0.4) is 0 Å². The summed E-state index contributed by atoms with van der Waals surface area (Å²) in [6.45, 7) is 3.61. The SMILES string of the molecule is Cc1[nH]c2ccc(Br)cc2c1C(C)C(=O)O. The summed E-state index contributed by atoms with van der Waals surface area (Å²) >= 11 is 3.40. The number of rotatable bonds is 2. The van der Waals surface area contributed by atoms with Crippen molar-refractivity contribution in [1.82, 2.24) is 4.98 Å². The van der Waals surface area contributed by atoms with Gasteiger partial charge in [-0.15, -0.1) is 0 Å². The molecule has 1 aromatic heterocycles. The smallest absolute Gasteiger partial charge is 0.310 e. The number of carboxylic acids is 1. The summed E-state index contributed by atoms with van der Waals surface area (Å²) in [6.07, 6.45) is 0. The van der Waals surface area contributed by atoms with E-state index in [1.807, 2.05) is 25.1 Å². The first kappa shape index (κ1) is 11.2. The van der Waals surface area contributed by atoms with Gasteiger partial charge in [0, 0.05) is 21.1 Å². The Hall–Kier alpha value is -1.29. The van der Waals surface area contributed by atoms with Crippen molar-refractivity contribution >= 4 is 32.8 Å². The van der Waals surface area contributed by atoms with E-state index in [1.165, 1.54) is 0 Å². The molecule has 2 N–H and O–H groups in total. The third-order valence-corrected chi connectivity index (χ3v) is 3.29. The Morgan fingerprint density at radius 3 is 2.81 bits per heavy atom. The van der Waals surface area contributed by atoms with Crippen LogP contribution in [0.1, 0.15) is 24.1 Å². The number of halogens is 1. The molecular formula is C12H12BrNO2. The second-order valence-corrected chi connectivity index (χ2v) is 4.83. The second-order valence-electron chi connectivity index (χ2n) is 3.91. The molecule has 2 rings (SSSR count). The number of carboxylic acid groups (broad SMARTS) is 1. The highest BCUT2D eigenvalue weighted by atomic mass is 79.9. The van der Waals surface area contributed by atoms with Crippen molar-refractivity contribution in [3.8, 4) is 0 Å². The molecule has 1 heterocycles. The maximum atomic E-state index is 11.1. The molecule has 0 bridgehead atoms. The fourth-order valence-electron chi connectivity index (χ4n) is 2.00. The Labute approximate surface area is 102 Å². The monoisotopic (exact) mass is 281 g/mol. The Morgan fingerprint density at radius 2 is 2.19 bits per heavy atom. The summed E-state index contributed by atoms with van der Waals surface area (Å²) < 4.78 is 0.956. The fraction of sp³-hybridized carbons (Fsp3) is 0.250. The largest absolute Gasteiger partial charge is 0.481 e. The Bertz CT molecular complexity index is 559. The highest BCUT2D eigenvalue weighted by Gasteiger charge is 2.20. The minimum Gasteiger partial charge on any atom is -0.481 e. The van der Waals surface area contributed by atoms with Crippen molar-refractivity contribution in [3.63, 3.8) is 0 Å². The zero-order chi connectivity index (χ0) is 11.9. The van der Waals surface area contributed by atoms with Crippen molar-refractivity contribution in [1.29, 1.82) is 0 Å². The predicted molar refractivity (Wildman–Crippen MR) is 66.8 cm³/mol. The number of aromatic nitrogens is 1. The van der Waals surface area contributed by atoms with Gasteiger partial charge in [0.2, 0.25) is 0 Å². The molecule has 0 saturated carbocycles. The highest BCUT2D eigenvalue weighted by molar-refractivity contribution is 9.10. The van der Waals surface area contributed by atoms with E-state index in [4.69, 9.17) is 5.11 Å². The highest BCUT2D eigenvalue weighted by Crippen LogP contribution is 2.31. The van der Waals surface area contributed by atoms with Gasteiger partial charge in [-0.05, 0) is 37.6 Å². The molecule has 0 aliphatic heterocycles. The van der Waals surface area contributed by atoms with E-state index in [0.717, 1.165) is 26.6 Å². The minimum absolute atomic E-state index is 0.497. The topological polar surface area (TPSA) is 53.1 Å². The quantitative estimate of drug-likeness (QED) is 0.886. The van der Waals surface area contributed by atoms with Crippen LogP contribution in [0.4, 0.5) is 0 Å². The first-order valence-corrected chi connectivity index (χ1v) is 5.80. The molecule has 3 nitrogen and oxygen atoms in total. The molecule has 84 valence electrons. The molecule has 4 heteroatoms. The number of H-pyrrole nitrogens is 1. The van der Waals surface area contributed by atoms with Gasteiger partial charge in [0.1, 0.15) is 0 Å². The van der Waals surface area contributed by atoms with Crippen molar-refractivity contribution < 1.29 is 9.90 Å². The van der Waals surface area contributed by atoms with Gasteiger partial charge in [-0.3, -0.25) is 4.79 Å². The number of aromatic amines is 1. The number of hydrogen-bond donors (Lipinski definition) is 2. The van der Waals surface area contributed by atoms with E-state index in [9.17, 15) is 4.79 Å². The van der Waals surface area contributed by atoms with Gasteiger partial charge >= 0.3 is 5.97 Å². The molecule has 0 spiro atoms. The minimum atomic E-state index is -0.802. The van der Waals surface area contributed by atoms with Crippen LogP contribution >= 0.6 is 15.9 Å². The molecule has 16 heavy (non-hydrogen) atoms. The molecule has 1 unspecified atom stereocenters. The normalized spacial score (nSPS) is 12.9. The number of carbonyl (C=O) groups is 1. The van der Waals surface area contributed by atoms with E-state index < -0.39 is 11.9 Å². The van der Waals surface area contributed by atoms with Gasteiger partial charge in [-0.1, -0.05) is 15.9 Å². The molecule has 0 aliphatic rings. The zero-order valence-corrected chi connectivity index (χ0v) is 10.6. The summed E-state index contributed by atoms with van der Waals surface area (Å²) in [5.41, 5.74) is 2.76. The lowest BCUT2D eigenvalue weighted by Crippen LogP contribution is -2.08. The standard InChI is InChI=1S/C12H12BrNO2/c1-6(12(15)16)11-7(2)14-10-4-3-8(13)5-9(10)11/h3-6,14H,1-2H3,(H,15,16). The van der Waals surface area contributed by atoms with Crippen LogP contribution in [0, 0.1) is 6.92 Å². The number of aliphatic carboxylic acids is 1. The van der Waals surface area contributed by atoms with E-state index >= 15 is 0 Å². The van der Waals surface area contributed by atoms with Gasteiger partial charge in [0.05, 0.1) is 5.92 Å². The van der Waals surface area contributed by atoms with Gasteiger partial charge in [0.15, 0.2) is 0 Å². The molecule has 0 aliphatic carbocycles. The lowest BCUT2D eigenvalue weighted by molar-refractivity contribution is -0.138. The van der Waals surface area contributed by atoms with Crippen LogP contribution in [0.2, 0.25) is 0 Å². The lowest BCUT2D eigenvalue weighted by Gasteiger charge is -2.06. The van der Waals surface area contributed by atoms with Gasteiger partial charge in [-0.25, -0.2) is 0 Å². The fourth-order valence-corrected chi connectivity index (χ4v) is 2.36. The Kier molecular flexibility index (Phi) is 2.76. The average Bonchev–Trinajstić information content (AvgIpc) is 2.52. The summed E-state index contributed by atoms with van der Waals surface area (Å²) in [6, 6.07) is 5.84. The molecule has 1 atom stereocenters. The molecular weight excluding hydrogens is 270 g/mol. The number of aryl methyl sites for hydroxylation is 1. The lowest BCUT2D eigenvalue weighted by atomic mass is 9.98. The summed E-state index contributed by atoms with van der Waals surface area (Å²) in [5.74, 6) is -1.30. The van der Waals surface area contributed by atoms with E-state index in [1.54, 1.807) is 6.92 Å². The van der Waals surface area contributed by atoms with Crippen LogP contribution < -0.4 is 0 Å².